The molecule has 102 valence electrons. The lowest BCUT2D eigenvalue weighted by Gasteiger charge is -2.16. The molecule has 5 heteroatoms. The quantitative estimate of drug-likeness (QED) is 0.754. The Bertz CT molecular complexity index is 352. The summed E-state index contributed by atoms with van der Waals surface area (Å²) in [4.78, 5) is 0. The Morgan fingerprint density at radius 2 is 1.67 bits per heavy atom. The first kappa shape index (κ1) is 14.6. The van der Waals surface area contributed by atoms with E-state index in [1.807, 2.05) is 12.1 Å². The zero-order chi connectivity index (χ0) is 13.5. The lowest BCUT2D eigenvalue weighted by atomic mass is 9.99. The summed E-state index contributed by atoms with van der Waals surface area (Å²) in [6.45, 7) is 0.500. The minimum atomic E-state index is 0.0350. The Morgan fingerprint density at radius 3 is 2.00 bits per heavy atom. The molecule has 5 nitrogen and oxygen atoms in total. The van der Waals surface area contributed by atoms with Gasteiger partial charge in [0.2, 0.25) is 5.75 Å². The summed E-state index contributed by atoms with van der Waals surface area (Å²) in [5, 5.41) is 9.17. The van der Waals surface area contributed by atoms with Gasteiger partial charge >= 0.3 is 0 Å². The van der Waals surface area contributed by atoms with Gasteiger partial charge in [-0.2, -0.15) is 0 Å². The summed E-state index contributed by atoms with van der Waals surface area (Å²) in [5.41, 5.74) is 6.58. The van der Waals surface area contributed by atoms with E-state index in [-0.39, 0.29) is 12.5 Å². The second kappa shape index (κ2) is 7.08. The first-order chi connectivity index (χ1) is 8.69. The average Bonchev–Trinajstić information content (AvgIpc) is 2.43. The molecule has 1 aromatic rings. The maximum absolute atomic E-state index is 9.17. The van der Waals surface area contributed by atoms with E-state index in [0.717, 1.165) is 5.56 Å². The second-order valence-corrected chi connectivity index (χ2v) is 4.02. The number of benzene rings is 1. The number of methoxy groups -OCH3 is 3. The number of aliphatic hydroxyl groups excluding tert-OH is 1. The highest BCUT2D eigenvalue weighted by Gasteiger charge is 2.15. The predicted molar refractivity (Wildman–Crippen MR) is 69.4 cm³/mol. The Kier molecular flexibility index (Phi) is 5.74. The molecular weight excluding hydrogens is 234 g/mol. The maximum atomic E-state index is 9.17. The highest BCUT2D eigenvalue weighted by Crippen LogP contribution is 2.38. The summed E-state index contributed by atoms with van der Waals surface area (Å²) < 4.78 is 15.8. The molecule has 1 rings (SSSR count). The van der Waals surface area contributed by atoms with E-state index in [1.165, 1.54) is 0 Å². The molecule has 0 amide bonds. The number of hydrogen-bond acceptors (Lipinski definition) is 5. The number of nitrogens with two attached hydrogens (primary N) is 1. The molecule has 1 unspecified atom stereocenters. The molecule has 0 heterocycles. The van der Waals surface area contributed by atoms with Crippen molar-refractivity contribution in [3.63, 3.8) is 0 Å². The van der Waals surface area contributed by atoms with Gasteiger partial charge in [-0.3, -0.25) is 0 Å². The average molecular weight is 255 g/mol. The molecule has 0 fully saturated rings. The topological polar surface area (TPSA) is 73.9 Å². The van der Waals surface area contributed by atoms with Crippen molar-refractivity contribution in [3.8, 4) is 17.2 Å². The van der Waals surface area contributed by atoms with Gasteiger partial charge in [0, 0.05) is 6.61 Å². The van der Waals surface area contributed by atoms with Gasteiger partial charge in [0.1, 0.15) is 0 Å². The fourth-order valence-electron chi connectivity index (χ4n) is 1.81. The van der Waals surface area contributed by atoms with E-state index in [2.05, 4.69) is 0 Å². The lowest BCUT2D eigenvalue weighted by molar-refractivity contribution is 0.229. The highest BCUT2D eigenvalue weighted by molar-refractivity contribution is 5.53. The first-order valence-corrected chi connectivity index (χ1v) is 5.79. The Labute approximate surface area is 107 Å². The highest BCUT2D eigenvalue weighted by atomic mass is 16.5. The fraction of sp³-hybridized carbons (Fsp3) is 0.538. The molecule has 3 N–H and O–H groups in total. The van der Waals surface area contributed by atoms with Crippen LogP contribution in [-0.2, 0) is 6.42 Å². The van der Waals surface area contributed by atoms with Crippen LogP contribution in [0.4, 0.5) is 0 Å². The van der Waals surface area contributed by atoms with E-state index in [0.29, 0.717) is 30.2 Å². The zero-order valence-electron chi connectivity index (χ0n) is 11.1. The van der Waals surface area contributed by atoms with Gasteiger partial charge in [0.25, 0.3) is 0 Å². The largest absolute Gasteiger partial charge is 0.493 e. The molecule has 0 radical (unpaired) electrons. The van der Waals surface area contributed by atoms with Crippen LogP contribution < -0.4 is 19.9 Å². The molecule has 18 heavy (non-hydrogen) atoms. The van der Waals surface area contributed by atoms with Crippen LogP contribution in [0.2, 0.25) is 0 Å². The van der Waals surface area contributed by atoms with Crippen LogP contribution in [0.1, 0.15) is 5.56 Å². The van der Waals surface area contributed by atoms with Crippen LogP contribution >= 0.6 is 0 Å². The first-order valence-electron chi connectivity index (χ1n) is 5.79. The van der Waals surface area contributed by atoms with Gasteiger partial charge in [-0.05, 0) is 36.6 Å². The summed E-state index contributed by atoms with van der Waals surface area (Å²) in [6.07, 6.45) is 0.670. The summed E-state index contributed by atoms with van der Waals surface area (Å²) in [7, 11) is 4.72. The molecule has 0 saturated heterocycles. The molecule has 0 aliphatic carbocycles. The molecule has 0 aromatic heterocycles. The number of aliphatic hydroxyl groups is 1. The maximum Gasteiger partial charge on any atom is 0.203 e. The van der Waals surface area contributed by atoms with E-state index in [1.54, 1.807) is 21.3 Å². The zero-order valence-corrected chi connectivity index (χ0v) is 11.1. The van der Waals surface area contributed by atoms with Gasteiger partial charge in [0.05, 0.1) is 21.3 Å². The summed E-state index contributed by atoms with van der Waals surface area (Å²) >= 11 is 0. The van der Waals surface area contributed by atoms with Crippen molar-refractivity contribution in [2.45, 2.75) is 6.42 Å². The lowest BCUT2D eigenvalue weighted by Crippen LogP contribution is -2.20. The smallest absolute Gasteiger partial charge is 0.203 e. The van der Waals surface area contributed by atoms with Crippen molar-refractivity contribution in [1.82, 2.24) is 0 Å². The minimum Gasteiger partial charge on any atom is -0.493 e. The van der Waals surface area contributed by atoms with Crippen molar-refractivity contribution in [3.05, 3.63) is 17.7 Å². The molecule has 0 aliphatic rings. The normalized spacial score (nSPS) is 12.1. The van der Waals surface area contributed by atoms with E-state index >= 15 is 0 Å². The Hall–Kier alpha value is -1.46. The molecule has 0 spiro atoms. The standard InChI is InChI=1S/C13H21NO4/c1-16-11-5-9(4-10(7-14)8-15)6-12(17-2)13(11)18-3/h5-6,10,15H,4,7-8,14H2,1-3H3. The van der Waals surface area contributed by atoms with Crippen molar-refractivity contribution in [2.75, 3.05) is 34.5 Å². The van der Waals surface area contributed by atoms with Crippen molar-refractivity contribution >= 4 is 0 Å². The summed E-state index contributed by atoms with van der Waals surface area (Å²) in [5.74, 6) is 1.82. The van der Waals surface area contributed by atoms with Crippen LogP contribution in [0, 0.1) is 5.92 Å². The number of rotatable bonds is 7. The molecule has 0 aliphatic heterocycles. The van der Waals surface area contributed by atoms with Crippen LogP contribution in [-0.4, -0.2) is 39.6 Å². The van der Waals surface area contributed by atoms with Gasteiger partial charge < -0.3 is 25.1 Å². The number of ether oxygens (including phenoxy) is 3. The number of hydrogen-bond donors (Lipinski definition) is 2. The molecule has 1 aromatic carbocycles. The molecule has 0 bridgehead atoms. The fourth-order valence-corrected chi connectivity index (χ4v) is 1.81. The van der Waals surface area contributed by atoms with Crippen molar-refractivity contribution in [2.24, 2.45) is 11.7 Å². The third kappa shape index (κ3) is 3.27. The van der Waals surface area contributed by atoms with Gasteiger partial charge in [0.15, 0.2) is 11.5 Å². The SMILES string of the molecule is COc1cc(CC(CN)CO)cc(OC)c1OC. The third-order valence-electron chi connectivity index (χ3n) is 2.84. The molecule has 0 saturated carbocycles. The Morgan fingerprint density at radius 1 is 1.11 bits per heavy atom. The van der Waals surface area contributed by atoms with Crippen LogP contribution in [0.3, 0.4) is 0 Å². The van der Waals surface area contributed by atoms with E-state index in [9.17, 15) is 5.11 Å². The Balaban J connectivity index is 3.06. The molecule has 1 atom stereocenters. The second-order valence-electron chi connectivity index (χ2n) is 4.02. The van der Waals surface area contributed by atoms with Gasteiger partial charge in [-0.15, -0.1) is 0 Å². The van der Waals surface area contributed by atoms with Crippen LogP contribution in [0.5, 0.6) is 17.2 Å². The monoisotopic (exact) mass is 255 g/mol. The van der Waals surface area contributed by atoms with Gasteiger partial charge in [-0.25, -0.2) is 0 Å². The third-order valence-corrected chi connectivity index (χ3v) is 2.84. The minimum absolute atomic E-state index is 0.0350. The predicted octanol–water partition coefficient (Wildman–Crippen LogP) is 0.822. The van der Waals surface area contributed by atoms with E-state index < -0.39 is 0 Å². The van der Waals surface area contributed by atoms with Gasteiger partial charge in [-0.1, -0.05) is 0 Å². The summed E-state index contributed by atoms with van der Waals surface area (Å²) in [6, 6.07) is 3.75. The van der Waals surface area contributed by atoms with Crippen LogP contribution in [0.25, 0.3) is 0 Å². The molecular formula is C13H21NO4. The van der Waals surface area contributed by atoms with E-state index in [4.69, 9.17) is 19.9 Å². The van der Waals surface area contributed by atoms with Crippen molar-refractivity contribution in [1.29, 1.82) is 0 Å². The van der Waals surface area contributed by atoms with Crippen LogP contribution in [0.15, 0.2) is 12.1 Å². The van der Waals surface area contributed by atoms with Crippen molar-refractivity contribution < 1.29 is 19.3 Å².